The molecule has 0 fully saturated rings. The summed E-state index contributed by atoms with van der Waals surface area (Å²) in [5, 5.41) is 3.08. The summed E-state index contributed by atoms with van der Waals surface area (Å²) in [4.78, 5) is 11.3. The van der Waals surface area contributed by atoms with Crippen LogP contribution in [-0.2, 0) is 0 Å². The molecule has 0 bridgehead atoms. The molecule has 2 aromatic heterocycles. The molecule has 3 heterocycles. The molecule has 2 atom stereocenters. The van der Waals surface area contributed by atoms with E-state index in [2.05, 4.69) is 81.9 Å². The fraction of sp³-hybridized carbons (Fsp3) is 0.704. The van der Waals surface area contributed by atoms with Crippen molar-refractivity contribution in [3.63, 3.8) is 0 Å². The van der Waals surface area contributed by atoms with Gasteiger partial charge in [0.2, 0.25) is 0 Å². The first-order chi connectivity index (χ1) is 15.2. The second kappa shape index (κ2) is 12.0. The van der Waals surface area contributed by atoms with Gasteiger partial charge in [0, 0.05) is 0 Å². The molecule has 0 radical (unpaired) electrons. The summed E-state index contributed by atoms with van der Waals surface area (Å²) in [6, 6.07) is 5.42. The molecule has 1 aliphatic heterocycles. The molecular formula is C27H45BrGeS2Sn. The van der Waals surface area contributed by atoms with Crippen LogP contribution in [0.25, 0.3) is 9.75 Å². The number of halogens is 1. The second-order valence-corrected chi connectivity index (χ2v) is 38.6. The van der Waals surface area contributed by atoms with Gasteiger partial charge in [0.05, 0.1) is 0 Å². The van der Waals surface area contributed by atoms with Crippen molar-refractivity contribution in [2.24, 2.45) is 11.8 Å². The summed E-state index contributed by atoms with van der Waals surface area (Å²) in [5.41, 5.74) is 0. The van der Waals surface area contributed by atoms with Crippen molar-refractivity contribution in [3.8, 4) is 9.75 Å². The van der Waals surface area contributed by atoms with E-state index in [4.69, 9.17) is 0 Å². The number of hydrogen-bond donors (Lipinski definition) is 0. The van der Waals surface area contributed by atoms with Crippen LogP contribution >= 0.6 is 38.6 Å². The Bertz CT molecular complexity index is 861. The number of thiophene rings is 2. The van der Waals surface area contributed by atoms with Crippen molar-refractivity contribution in [2.45, 2.75) is 104 Å². The van der Waals surface area contributed by atoms with Crippen molar-refractivity contribution < 1.29 is 0 Å². The van der Waals surface area contributed by atoms with Gasteiger partial charge in [0.15, 0.2) is 0 Å². The van der Waals surface area contributed by atoms with Crippen LogP contribution in [0.4, 0.5) is 0 Å². The molecule has 180 valence electrons. The molecule has 0 spiro atoms. The van der Waals surface area contributed by atoms with Gasteiger partial charge in [-0.3, -0.25) is 0 Å². The van der Waals surface area contributed by atoms with Gasteiger partial charge in [0.1, 0.15) is 0 Å². The molecule has 0 saturated carbocycles. The zero-order valence-electron chi connectivity index (χ0n) is 21.6. The maximum atomic E-state index is 3.92. The van der Waals surface area contributed by atoms with Gasteiger partial charge in [-0.05, 0) is 0 Å². The predicted molar refractivity (Wildman–Crippen MR) is 160 cm³/mol. The first-order valence-electron chi connectivity index (χ1n) is 13.1. The van der Waals surface area contributed by atoms with Gasteiger partial charge < -0.3 is 0 Å². The summed E-state index contributed by atoms with van der Waals surface area (Å²) < 4.78 is 6.98. The Morgan fingerprint density at radius 3 is 1.78 bits per heavy atom. The van der Waals surface area contributed by atoms with E-state index < -0.39 is 31.6 Å². The van der Waals surface area contributed by atoms with Crippen LogP contribution in [0.2, 0.25) is 25.3 Å². The molecule has 0 nitrogen and oxygen atoms in total. The molecule has 0 aliphatic carbocycles. The minimum absolute atomic E-state index is 0.914. The molecule has 0 aromatic carbocycles. The topological polar surface area (TPSA) is 0 Å². The second-order valence-electron chi connectivity index (χ2n) is 11.2. The number of unbranched alkanes of at least 4 members (excludes halogenated alkanes) is 2. The Morgan fingerprint density at radius 2 is 1.31 bits per heavy atom. The van der Waals surface area contributed by atoms with Gasteiger partial charge in [-0.25, -0.2) is 0 Å². The third-order valence-electron chi connectivity index (χ3n) is 7.77. The van der Waals surface area contributed by atoms with E-state index in [1.807, 2.05) is 23.0 Å². The number of rotatable bonds is 13. The van der Waals surface area contributed by atoms with Gasteiger partial charge in [0.25, 0.3) is 0 Å². The zero-order chi connectivity index (χ0) is 23.5. The van der Waals surface area contributed by atoms with Crippen molar-refractivity contribution in [1.82, 2.24) is 0 Å². The summed E-state index contributed by atoms with van der Waals surface area (Å²) in [6.07, 6.45) is 11.1. The normalized spacial score (nSPS) is 19.8. The predicted octanol–water partition coefficient (Wildman–Crippen LogP) is 9.09. The average molecular weight is 705 g/mol. The van der Waals surface area contributed by atoms with Crippen LogP contribution in [0.3, 0.4) is 0 Å². The maximum absolute atomic E-state index is 3.92. The van der Waals surface area contributed by atoms with E-state index in [-0.39, 0.29) is 0 Å². The SMILES string of the molecule is CCCCC(CC)[CH2][Ge]1([CH2]C(CC)CCCC)[c]2cc(Br)sc2-c2s[c]([Sn]([CH3])([CH3])[CH3])c[c]21. The van der Waals surface area contributed by atoms with Crippen molar-refractivity contribution in [3.05, 3.63) is 15.9 Å². The molecule has 1 aliphatic rings. The van der Waals surface area contributed by atoms with Crippen LogP contribution in [-0.4, -0.2) is 31.6 Å². The molecule has 0 N–H and O–H groups in total. The number of fused-ring (bicyclic) bond motifs is 3. The Labute approximate surface area is 221 Å². The third-order valence-corrected chi connectivity index (χ3v) is 32.2. The summed E-state index contributed by atoms with van der Waals surface area (Å²) in [6.45, 7) is 9.67. The molecule has 0 saturated heterocycles. The fourth-order valence-corrected chi connectivity index (χ4v) is 31.6. The van der Waals surface area contributed by atoms with E-state index >= 15 is 0 Å². The monoisotopic (exact) mass is 706 g/mol. The molecule has 5 heteroatoms. The Morgan fingerprint density at radius 1 is 0.812 bits per heavy atom. The van der Waals surface area contributed by atoms with Gasteiger partial charge in [-0.2, -0.15) is 0 Å². The molecule has 3 rings (SSSR count). The molecule has 2 aromatic rings. The van der Waals surface area contributed by atoms with Crippen LogP contribution < -0.4 is 11.7 Å². The van der Waals surface area contributed by atoms with Crippen LogP contribution in [0.1, 0.15) is 79.1 Å². The van der Waals surface area contributed by atoms with Gasteiger partial charge in [-0.1, -0.05) is 0 Å². The first kappa shape index (κ1) is 27.8. The van der Waals surface area contributed by atoms with Crippen molar-refractivity contribution in [1.29, 1.82) is 0 Å². The quantitative estimate of drug-likeness (QED) is 0.183. The summed E-state index contributed by atoms with van der Waals surface area (Å²) in [5.74, 6) is 1.83. The number of hydrogen-bond acceptors (Lipinski definition) is 2. The molecule has 0 amide bonds. The minimum atomic E-state index is -2.45. The Hall–Kier alpha value is 1.22. The first-order valence-corrected chi connectivity index (χ1v) is 30.6. The Balaban J connectivity index is 2.14. The van der Waals surface area contributed by atoms with Crippen molar-refractivity contribution >= 4 is 81.9 Å². The van der Waals surface area contributed by atoms with Gasteiger partial charge >= 0.3 is 224 Å². The molecule has 2 unspecified atom stereocenters. The van der Waals surface area contributed by atoms with E-state index in [9.17, 15) is 0 Å². The van der Waals surface area contributed by atoms with Gasteiger partial charge in [-0.15, -0.1) is 0 Å². The summed E-state index contributed by atoms with van der Waals surface area (Å²) in [7, 11) is 0. The van der Waals surface area contributed by atoms with E-state index in [0.29, 0.717) is 0 Å². The molecule has 32 heavy (non-hydrogen) atoms. The fourth-order valence-electron chi connectivity index (χ4n) is 5.71. The molecular weight excluding hydrogens is 660 g/mol. The van der Waals surface area contributed by atoms with Crippen LogP contribution in [0.5, 0.6) is 0 Å². The van der Waals surface area contributed by atoms with Crippen molar-refractivity contribution in [2.75, 3.05) is 0 Å². The van der Waals surface area contributed by atoms with E-state index in [1.54, 1.807) is 9.75 Å². The zero-order valence-corrected chi connectivity index (χ0v) is 29.7. The average Bonchev–Trinajstić information content (AvgIpc) is 3.41. The Kier molecular flexibility index (Phi) is 10.4. The summed E-state index contributed by atoms with van der Waals surface area (Å²) >= 11 is 3.65. The van der Waals surface area contributed by atoms with E-state index in [0.717, 1.165) is 11.8 Å². The van der Waals surface area contributed by atoms with E-state index in [1.165, 1.54) is 65.7 Å². The standard InChI is InChI=1S/C24H36BrGeS2.3CH3.Sn/c1-5-9-11-18(7-3)16-26(17-19(8-4)12-10-6-2)20-13-14-27-23(20)24-21(26)15-22(25)28-24;;;;/h13,15,18-19H,5-12,16-17H2,1-4H3;3*1H3;. The van der Waals surface area contributed by atoms with Crippen LogP contribution in [0, 0.1) is 11.8 Å². The third kappa shape index (κ3) is 5.95. The van der Waals surface area contributed by atoms with Crippen LogP contribution in [0.15, 0.2) is 15.9 Å².